The number of hydrogen-bond acceptors (Lipinski definition) is 5. The van der Waals surface area contributed by atoms with Crippen molar-refractivity contribution in [1.29, 1.82) is 0 Å². The van der Waals surface area contributed by atoms with E-state index < -0.39 is 0 Å². The van der Waals surface area contributed by atoms with Crippen LogP contribution in [0.2, 0.25) is 0 Å². The molecule has 3 unspecified atom stereocenters. The first-order valence-corrected chi connectivity index (χ1v) is 7.65. The Balaban J connectivity index is 0.00000144. The smallest absolute Gasteiger partial charge is 0.257 e. The molecule has 1 aliphatic heterocycles. The van der Waals surface area contributed by atoms with Crippen LogP contribution < -0.4 is 5.73 Å². The maximum atomic E-state index is 6.18. The monoisotopic (exact) mass is 320 g/mol. The fourth-order valence-electron chi connectivity index (χ4n) is 3.75. The molecule has 1 aromatic carbocycles. The molecule has 0 bridgehead atoms. The Hall–Kier alpha value is -1.43. The highest BCUT2D eigenvalue weighted by atomic mass is 35.5. The molecular formula is C16H21ClN4O. The second-order valence-electron chi connectivity index (χ2n) is 6.24. The summed E-state index contributed by atoms with van der Waals surface area (Å²) in [5.41, 5.74) is 7.15. The largest absolute Gasteiger partial charge is 0.334 e. The van der Waals surface area contributed by atoms with E-state index >= 15 is 0 Å². The number of nitrogens with two attached hydrogens (primary N) is 1. The summed E-state index contributed by atoms with van der Waals surface area (Å²) in [7, 11) is 0. The van der Waals surface area contributed by atoms with E-state index in [1.807, 2.05) is 30.3 Å². The minimum atomic E-state index is 0. The van der Waals surface area contributed by atoms with Gasteiger partial charge in [0.25, 0.3) is 5.89 Å². The summed E-state index contributed by atoms with van der Waals surface area (Å²) in [6, 6.07) is 10.3. The van der Waals surface area contributed by atoms with E-state index in [1.54, 1.807) is 0 Å². The van der Waals surface area contributed by atoms with Gasteiger partial charge >= 0.3 is 0 Å². The van der Waals surface area contributed by atoms with Crippen LogP contribution in [0.4, 0.5) is 0 Å². The first-order valence-electron chi connectivity index (χ1n) is 7.65. The van der Waals surface area contributed by atoms with Crippen LogP contribution in [-0.4, -0.2) is 34.2 Å². The van der Waals surface area contributed by atoms with Crippen molar-refractivity contribution in [2.24, 2.45) is 17.6 Å². The molecule has 1 aromatic heterocycles. The van der Waals surface area contributed by atoms with Gasteiger partial charge in [0, 0.05) is 24.7 Å². The minimum Gasteiger partial charge on any atom is -0.334 e. The highest BCUT2D eigenvalue weighted by molar-refractivity contribution is 5.85. The molecule has 1 saturated carbocycles. The van der Waals surface area contributed by atoms with E-state index in [0.717, 1.165) is 36.9 Å². The SMILES string of the molecule is Cl.NC1CCC2CN(Cc3noc(-c4ccccc4)n3)CC12. The lowest BCUT2D eigenvalue weighted by Gasteiger charge is -2.16. The van der Waals surface area contributed by atoms with Gasteiger partial charge in [-0.25, -0.2) is 0 Å². The predicted octanol–water partition coefficient (Wildman–Crippen LogP) is 2.33. The van der Waals surface area contributed by atoms with E-state index in [-0.39, 0.29) is 12.4 Å². The summed E-state index contributed by atoms with van der Waals surface area (Å²) in [5, 5.41) is 4.11. The van der Waals surface area contributed by atoms with Gasteiger partial charge in [-0.15, -0.1) is 12.4 Å². The second kappa shape index (κ2) is 6.36. The minimum absolute atomic E-state index is 0. The summed E-state index contributed by atoms with van der Waals surface area (Å²) in [4.78, 5) is 6.92. The molecule has 0 spiro atoms. The van der Waals surface area contributed by atoms with Crippen LogP contribution in [0.1, 0.15) is 18.7 Å². The number of benzene rings is 1. The molecule has 118 valence electrons. The molecule has 0 radical (unpaired) electrons. The molecule has 2 aromatic rings. The highest BCUT2D eigenvalue weighted by Gasteiger charge is 2.41. The molecule has 22 heavy (non-hydrogen) atoms. The maximum Gasteiger partial charge on any atom is 0.257 e. The van der Waals surface area contributed by atoms with Gasteiger partial charge in [0.15, 0.2) is 5.82 Å². The molecule has 3 atom stereocenters. The fourth-order valence-corrected chi connectivity index (χ4v) is 3.75. The van der Waals surface area contributed by atoms with Crippen molar-refractivity contribution < 1.29 is 4.52 Å². The number of likely N-dealkylation sites (tertiary alicyclic amines) is 1. The van der Waals surface area contributed by atoms with E-state index in [1.165, 1.54) is 12.8 Å². The molecule has 2 aliphatic rings. The number of halogens is 1. The summed E-state index contributed by atoms with van der Waals surface area (Å²) in [6.45, 7) is 2.95. The van der Waals surface area contributed by atoms with E-state index in [9.17, 15) is 0 Å². The Morgan fingerprint density at radius 2 is 2.00 bits per heavy atom. The zero-order chi connectivity index (χ0) is 14.2. The third-order valence-electron chi connectivity index (χ3n) is 4.84. The van der Waals surface area contributed by atoms with Crippen molar-refractivity contribution in [1.82, 2.24) is 15.0 Å². The van der Waals surface area contributed by atoms with E-state index in [0.29, 0.717) is 17.9 Å². The molecule has 2 fully saturated rings. The average Bonchev–Trinajstić information content (AvgIpc) is 3.19. The van der Waals surface area contributed by atoms with E-state index in [4.69, 9.17) is 10.3 Å². The second-order valence-corrected chi connectivity index (χ2v) is 6.24. The van der Waals surface area contributed by atoms with Crippen molar-refractivity contribution >= 4 is 12.4 Å². The Morgan fingerprint density at radius 3 is 2.77 bits per heavy atom. The molecular weight excluding hydrogens is 300 g/mol. The van der Waals surface area contributed by atoms with Crippen molar-refractivity contribution in [2.75, 3.05) is 13.1 Å². The van der Waals surface area contributed by atoms with Gasteiger partial charge in [0.1, 0.15) is 0 Å². The Morgan fingerprint density at radius 1 is 1.18 bits per heavy atom. The number of rotatable bonds is 3. The molecule has 6 heteroatoms. The zero-order valence-electron chi connectivity index (χ0n) is 12.4. The number of hydrogen-bond donors (Lipinski definition) is 1. The lowest BCUT2D eigenvalue weighted by molar-refractivity contribution is 0.284. The Labute approximate surface area is 136 Å². The zero-order valence-corrected chi connectivity index (χ0v) is 13.2. The molecule has 5 nitrogen and oxygen atoms in total. The Bertz CT molecular complexity index is 618. The molecule has 1 saturated heterocycles. The highest BCUT2D eigenvalue weighted by Crippen LogP contribution is 2.37. The summed E-state index contributed by atoms with van der Waals surface area (Å²) in [5.74, 6) is 2.79. The topological polar surface area (TPSA) is 68.2 Å². The Kier molecular flexibility index (Phi) is 4.47. The van der Waals surface area contributed by atoms with Gasteiger partial charge in [0.05, 0.1) is 6.54 Å². The van der Waals surface area contributed by atoms with Crippen LogP contribution >= 0.6 is 12.4 Å². The number of nitrogens with zero attached hydrogens (tertiary/aromatic N) is 3. The number of fused-ring (bicyclic) bond motifs is 1. The third-order valence-corrected chi connectivity index (χ3v) is 4.84. The summed E-state index contributed by atoms with van der Waals surface area (Å²) in [6.07, 6.45) is 2.45. The van der Waals surface area contributed by atoms with Crippen LogP contribution in [0.25, 0.3) is 11.5 Å². The van der Waals surface area contributed by atoms with Crippen molar-refractivity contribution in [3.63, 3.8) is 0 Å². The fraction of sp³-hybridized carbons (Fsp3) is 0.500. The maximum absolute atomic E-state index is 6.18. The van der Waals surface area contributed by atoms with Crippen LogP contribution in [-0.2, 0) is 6.54 Å². The van der Waals surface area contributed by atoms with Crippen molar-refractivity contribution in [3.8, 4) is 11.5 Å². The normalized spacial score (nSPS) is 27.6. The van der Waals surface area contributed by atoms with Gasteiger partial charge in [-0.05, 0) is 36.8 Å². The van der Waals surface area contributed by atoms with Gasteiger partial charge in [-0.2, -0.15) is 4.98 Å². The summed E-state index contributed by atoms with van der Waals surface area (Å²) < 4.78 is 5.36. The molecule has 4 rings (SSSR count). The van der Waals surface area contributed by atoms with Crippen LogP contribution in [0.3, 0.4) is 0 Å². The molecule has 2 N–H and O–H groups in total. The van der Waals surface area contributed by atoms with E-state index in [2.05, 4.69) is 15.0 Å². The van der Waals surface area contributed by atoms with Gasteiger partial charge < -0.3 is 10.3 Å². The van der Waals surface area contributed by atoms with Crippen LogP contribution in [0.5, 0.6) is 0 Å². The molecule has 0 amide bonds. The molecule has 2 heterocycles. The van der Waals surface area contributed by atoms with Crippen LogP contribution in [0, 0.1) is 11.8 Å². The first kappa shape index (κ1) is 15.5. The molecule has 1 aliphatic carbocycles. The van der Waals surface area contributed by atoms with Gasteiger partial charge in [-0.3, -0.25) is 4.90 Å². The lowest BCUT2D eigenvalue weighted by atomic mass is 9.98. The lowest BCUT2D eigenvalue weighted by Crippen LogP contribution is -2.30. The first-order chi connectivity index (χ1) is 10.3. The standard InChI is InChI=1S/C16H20N4O.ClH/c17-14-7-6-12-8-20(9-13(12)14)10-15-18-16(21-19-15)11-4-2-1-3-5-11;/h1-5,12-14H,6-10,17H2;1H. The average molecular weight is 321 g/mol. The van der Waals surface area contributed by atoms with Gasteiger partial charge in [-0.1, -0.05) is 23.4 Å². The van der Waals surface area contributed by atoms with Crippen LogP contribution in [0.15, 0.2) is 34.9 Å². The quantitative estimate of drug-likeness (QED) is 0.940. The van der Waals surface area contributed by atoms with Crippen molar-refractivity contribution in [3.05, 3.63) is 36.2 Å². The number of aromatic nitrogens is 2. The van der Waals surface area contributed by atoms with Crippen molar-refractivity contribution in [2.45, 2.75) is 25.4 Å². The summed E-state index contributed by atoms with van der Waals surface area (Å²) >= 11 is 0. The third kappa shape index (κ3) is 2.89. The van der Waals surface area contributed by atoms with Gasteiger partial charge in [0.2, 0.25) is 0 Å². The predicted molar refractivity (Wildman–Crippen MR) is 86.4 cm³/mol.